The van der Waals surface area contributed by atoms with Gasteiger partial charge in [-0.2, -0.15) is 0 Å². The standard InChI is InChI=1S/C22H24BrNO2/c1-3-24-9-8-16-19(12-24)17-11-20(23)13(2)10-18(17)21(16)14-4-6-15(7-5-14)22(25)26/h4-7,10-11,16,19,21H,3,8-9,12H2,1-2H3,(H,25,26). The quantitative estimate of drug-likeness (QED) is 0.766. The maximum absolute atomic E-state index is 11.2. The number of aryl methyl sites for hydroxylation is 1. The van der Waals surface area contributed by atoms with Crippen molar-refractivity contribution in [1.29, 1.82) is 0 Å². The van der Waals surface area contributed by atoms with E-state index < -0.39 is 5.97 Å². The summed E-state index contributed by atoms with van der Waals surface area (Å²) in [6.45, 7) is 7.76. The first-order chi connectivity index (χ1) is 12.5. The van der Waals surface area contributed by atoms with Gasteiger partial charge in [-0.25, -0.2) is 4.79 Å². The molecule has 1 heterocycles. The van der Waals surface area contributed by atoms with Gasteiger partial charge in [-0.15, -0.1) is 0 Å². The molecule has 1 N–H and O–H groups in total. The topological polar surface area (TPSA) is 40.5 Å². The van der Waals surface area contributed by atoms with Crippen LogP contribution in [0.2, 0.25) is 0 Å². The highest BCUT2D eigenvalue weighted by atomic mass is 79.9. The molecule has 3 atom stereocenters. The summed E-state index contributed by atoms with van der Waals surface area (Å²) in [5.41, 5.74) is 5.77. The molecule has 0 amide bonds. The van der Waals surface area contributed by atoms with E-state index in [1.807, 2.05) is 12.1 Å². The number of carboxylic acids is 1. The summed E-state index contributed by atoms with van der Waals surface area (Å²) < 4.78 is 1.19. The molecular weight excluding hydrogens is 390 g/mol. The van der Waals surface area contributed by atoms with Crippen molar-refractivity contribution in [3.63, 3.8) is 0 Å². The summed E-state index contributed by atoms with van der Waals surface area (Å²) in [5, 5.41) is 9.20. The first-order valence-corrected chi connectivity index (χ1v) is 10.1. The molecule has 136 valence electrons. The second kappa shape index (κ2) is 6.82. The van der Waals surface area contributed by atoms with Crippen LogP contribution in [0.4, 0.5) is 0 Å². The van der Waals surface area contributed by atoms with Gasteiger partial charge >= 0.3 is 5.97 Å². The highest BCUT2D eigenvalue weighted by Gasteiger charge is 2.44. The molecule has 1 saturated heterocycles. The lowest BCUT2D eigenvalue weighted by Crippen LogP contribution is -2.38. The molecule has 0 spiro atoms. The smallest absolute Gasteiger partial charge is 0.335 e. The van der Waals surface area contributed by atoms with E-state index in [0.29, 0.717) is 23.3 Å². The number of fused-ring (bicyclic) bond motifs is 3. The lowest BCUT2D eigenvalue weighted by Gasteiger charge is -2.37. The molecule has 0 saturated carbocycles. The molecular formula is C22H24BrNO2. The number of hydrogen-bond donors (Lipinski definition) is 1. The van der Waals surface area contributed by atoms with Gasteiger partial charge in [0.2, 0.25) is 0 Å². The van der Waals surface area contributed by atoms with Gasteiger partial charge in [-0.3, -0.25) is 0 Å². The van der Waals surface area contributed by atoms with Crippen molar-refractivity contribution in [2.24, 2.45) is 5.92 Å². The zero-order valence-corrected chi connectivity index (χ0v) is 16.8. The minimum Gasteiger partial charge on any atom is -0.478 e. The summed E-state index contributed by atoms with van der Waals surface area (Å²) in [4.78, 5) is 13.8. The summed E-state index contributed by atoms with van der Waals surface area (Å²) in [6, 6.07) is 12.2. The molecule has 0 radical (unpaired) electrons. The highest BCUT2D eigenvalue weighted by Crippen LogP contribution is 2.54. The highest BCUT2D eigenvalue weighted by molar-refractivity contribution is 9.10. The number of likely N-dealkylation sites (N-methyl/N-ethyl adjacent to an activating group) is 1. The monoisotopic (exact) mass is 413 g/mol. The Bertz CT molecular complexity index is 846. The Hall–Kier alpha value is -1.65. The summed E-state index contributed by atoms with van der Waals surface area (Å²) >= 11 is 3.72. The van der Waals surface area contributed by atoms with Crippen molar-refractivity contribution in [3.05, 3.63) is 68.7 Å². The number of carboxylic acid groups (broad SMARTS) is 1. The van der Waals surface area contributed by atoms with Crippen LogP contribution in [0.1, 0.15) is 57.8 Å². The molecule has 26 heavy (non-hydrogen) atoms. The van der Waals surface area contributed by atoms with Gasteiger partial charge in [0.1, 0.15) is 0 Å². The first kappa shape index (κ1) is 17.7. The van der Waals surface area contributed by atoms with E-state index in [0.717, 1.165) is 19.6 Å². The number of nitrogens with zero attached hydrogens (tertiary/aromatic N) is 1. The minimum atomic E-state index is -0.864. The zero-order valence-electron chi connectivity index (χ0n) is 15.2. The molecule has 0 aromatic heterocycles. The van der Waals surface area contributed by atoms with Gasteiger partial charge in [-0.1, -0.05) is 41.1 Å². The molecule has 1 aliphatic carbocycles. The fourth-order valence-electron chi connectivity index (χ4n) is 4.85. The molecule has 0 bridgehead atoms. The molecule has 2 aromatic carbocycles. The second-order valence-electron chi connectivity index (χ2n) is 7.59. The van der Waals surface area contributed by atoms with Crippen molar-refractivity contribution in [3.8, 4) is 0 Å². The normalized spacial score (nSPS) is 25.0. The predicted octanol–water partition coefficient (Wildman–Crippen LogP) is 5.03. The van der Waals surface area contributed by atoms with E-state index in [9.17, 15) is 9.90 Å². The fourth-order valence-corrected chi connectivity index (χ4v) is 5.21. The van der Waals surface area contributed by atoms with Crippen LogP contribution in [0.25, 0.3) is 0 Å². The van der Waals surface area contributed by atoms with Gasteiger partial charge in [0.05, 0.1) is 5.56 Å². The Kier molecular flexibility index (Phi) is 4.66. The Labute approximate surface area is 163 Å². The van der Waals surface area contributed by atoms with Crippen molar-refractivity contribution >= 4 is 21.9 Å². The average molecular weight is 414 g/mol. The Morgan fingerprint density at radius 3 is 2.62 bits per heavy atom. The molecule has 2 aliphatic rings. The van der Waals surface area contributed by atoms with Crippen molar-refractivity contribution in [1.82, 2.24) is 4.90 Å². The maximum Gasteiger partial charge on any atom is 0.335 e. The average Bonchev–Trinajstić information content (AvgIpc) is 2.94. The lowest BCUT2D eigenvalue weighted by molar-refractivity contribution is 0.0697. The number of carbonyl (C=O) groups is 1. The SMILES string of the molecule is CCN1CCC2C(C1)c1cc(Br)c(C)cc1C2c1ccc(C(=O)O)cc1. The minimum absolute atomic E-state index is 0.358. The van der Waals surface area contributed by atoms with Crippen LogP contribution < -0.4 is 0 Å². The third-order valence-corrected chi connectivity index (χ3v) is 7.10. The van der Waals surface area contributed by atoms with E-state index >= 15 is 0 Å². The summed E-state index contributed by atoms with van der Waals surface area (Å²) in [6.07, 6.45) is 1.19. The van der Waals surface area contributed by atoms with Crippen LogP contribution >= 0.6 is 15.9 Å². The van der Waals surface area contributed by atoms with Gasteiger partial charge < -0.3 is 10.0 Å². The number of benzene rings is 2. The predicted molar refractivity (Wildman–Crippen MR) is 107 cm³/mol. The fraction of sp³-hybridized carbons (Fsp3) is 0.409. The largest absolute Gasteiger partial charge is 0.478 e. The number of likely N-dealkylation sites (tertiary alicyclic amines) is 1. The van der Waals surface area contributed by atoms with Crippen molar-refractivity contribution in [2.45, 2.75) is 32.1 Å². The molecule has 4 rings (SSSR count). The summed E-state index contributed by atoms with van der Waals surface area (Å²) in [7, 11) is 0. The van der Waals surface area contributed by atoms with Gasteiger partial charge in [0.15, 0.2) is 0 Å². The first-order valence-electron chi connectivity index (χ1n) is 9.35. The maximum atomic E-state index is 11.2. The van der Waals surface area contributed by atoms with Crippen molar-refractivity contribution in [2.75, 3.05) is 19.6 Å². The van der Waals surface area contributed by atoms with Crippen LogP contribution in [0.5, 0.6) is 0 Å². The van der Waals surface area contributed by atoms with Gasteiger partial charge in [0, 0.05) is 22.9 Å². The molecule has 3 nitrogen and oxygen atoms in total. The van der Waals surface area contributed by atoms with Crippen LogP contribution in [-0.4, -0.2) is 35.6 Å². The molecule has 1 fully saturated rings. The lowest BCUT2D eigenvalue weighted by atomic mass is 9.78. The number of piperidine rings is 1. The third-order valence-electron chi connectivity index (χ3n) is 6.24. The Morgan fingerprint density at radius 1 is 1.23 bits per heavy atom. The van der Waals surface area contributed by atoms with E-state index in [1.165, 1.54) is 33.1 Å². The second-order valence-corrected chi connectivity index (χ2v) is 8.44. The number of aromatic carboxylic acids is 1. The number of rotatable bonds is 3. The molecule has 4 heteroatoms. The molecule has 2 aromatic rings. The van der Waals surface area contributed by atoms with E-state index in [4.69, 9.17) is 0 Å². The third kappa shape index (κ3) is 2.89. The number of hydrogen-bond acceptors (Lipinski definition) is 2. The van der Waals surface area contributed by atoms with Crippen LogP contribution in [0.15, 0.2) is 40.9 Å². The van der Waals surface area contributed by atoms with Crippen LogP contribution in [-0.2, 0) is 0 Å². The molecule has 3 unspecified atom stereocenters. The van der Waals surface area contributed by atoms with Crippen LogP contribution in [0, 0.1) is 12.8 Å². The molecule has 1 aliphatic heterocycles. The van der Waals surface area contributed by atoms with Gasteiger partial charge in [-0.05, 0) is 72.8 Å². The van der Waals surface area contributed by atoms with E-state index in [-0.39, 0.29) is 0 Å². The van der Waals surface area contributed by atoms with E-state index in [2.05, 4.69) is 46.8 Å². The summed E-state index contributed by atoms with van der Waals surface area (Å²) in [5.74, 6) is 0.651. The Balaban J connectivity index is 1.79. The number of halogens is 1. The van der Waals surface area contributed by atoms with Crippen LogP contribution in [0.3, 0.4) is 0 Å². The zero-order chi connectivity index (χ0) is 18.4. The Morgan fingerprint density at radius 2 is 1.96 bits per heavy atom. The van der Waals surface area contributed by atoms with Crippen molar-refractivity contribution < 1.29 is 9.90 Å². The van der Waals surface area contributed by atoms with Gasteiger partial charge in [0.25, 0.3) is 0 Å². The van der Waals surface area contributed by atoms with E-state index in [1.54, 1.807) is 12.1 Å².